The Morgan fingerprint density at radius 1 is 1.23 bits per heavy atom. The zero-order valence-corrected chi connectivity index (χ0v) is 12.4. The maximum Gasteiger partial charge on any atom is 0.226 e. The Labute approximate surface area is 130 Å². The Balaban J connectivity index is 1.62. The van der Waals surface area contributed by atoms with Crippen LogP contribution in [0.4, 0.5) is 5.69 Å². The summed E-state index contributed by atoms with van der Waals surface area (Å²) in [5.41, 5.74) is 9.00. The standard InChI is InChI=1S/C18H20N2O2/c19-16(13-5-2-1-3-6-13)12-18(21)20-15-8-9-17-14(11-15)7-4-10-22-17/h1-3,5-6,8-9,11,16H,4,7,10,12,19H2,(H,20,21). The van der Waals surface area contributed by atoms with Gasteiger partial charge in [-0.15, -0.1) is 0 Å². The van der Waals surface area contributed by atoms with Crippen LogP contribution in [0.25, 0.3) is 0 Å². The van der Waals surface area contributed by atoms with E-state index in [1.54, 1.807) is 0 Å². The van der Waals surface area contributed by atoms with Crippen LogP contribution in [0, 0.1) is 0 Å². The molecule has 114 valence electrons. The number of carbonyl (C=O) groups is 1. The Morgan fingerprint density at radius 3 is 2.86 bits per heavy atom. The van der Waals surface area contributed by atoms with Crippen LogP contribution in [0.15, 0.2) is 48.5 Å². The molecule has 1 heterocycles. The van der Waals surface area contributed by atoms with Gasteiger partial charge in [0, 0.05) is 18.2 Å². The molecular weight excluding hydrogens is 276 g/mol. The molecule has 0 radical (unpaired) electrons. The van der Waals surface area contributed by atoms with Crippen LogP contribution in [-0.2, 0) is 11.2 Å². The van der Waals surface area contributed by atoms with Crippen LogP contribution in [0.5, 0.6) is 5.75 Å². The van der Waals surface area contributed by atoms with Gasteiger partial charge >= 0.3 is 0 Å². The Morgan fingerprint density at radius 2 is 2.05 bits per heavy atom. The van der Waals surface area contributed by atoms with Gasteiger partial charge in [-0.2, -0.15) is 0 Å². The lowest BCUT2D eigenvalue weighted by atomic mass is 10.0. The van der Waals surface area contributed by atoms with E-state index < -0.39 is 0 Å². The number of nitrogens with one attached hydrogen (secondary N) is 1. The molecule has 0 bridgehead atoms. The lowest BCUT2D eigenvalue weighted by molar-refractivity contribution is -0.116. The molecule has 3 rings (SSSR count). The average molecular weight is 296 g/mol. The second-order valence-electron chi connectivity index (χ2n) is 5.54. The van der Waals surface area contributed by atoms with Gasteiger partial charge in [-0.1, -0.05) is 30.3 Å². The molecule has 0 spiro atoms. The molecule has 1 amide bonds. The normalized spacial score (nSPS) is 14.6. The Hall–Kier alpha value is -2.33. The van der Waals surface area contributed by atoms with E-state index in [9.17, 15) is 4.79 Å². The van der Waals surface area contributed by atoms with E-state index in [1.807, 2.05) is 48.5 Å². The van der Waals surface area contributed by atoms with Crippen molar-refractivity contribution in [3.05, 3.63) is 59.7 Å². The maximum atomic E-state index is 12.1. The number of carbonyl (C=O) groups excluding carboxylic acids is 1. The van der Waals surface area contributed by atoms with Gasteiger partial charge < -0.3 is 15.8 Å². The molecule has 2 aromatic rings. The number of nitrogens with two attached hydrogens (primary N) is 1. The van der Waals surface area contributed by atoms with Gasteiger partial charge in [-0.25, -0.2) is 0 Å². The van der Waals surface area contributed by atoms with Crippen molar-refractivity contribution >= 4 is 11.6 Å². The summed E-state index contributed by atoms with van der Waals surface area (Å²) in [7, 11) is 0. The summed E-state index contributed by atoms with van der Waals surface area (Å²) in [6.45, 7) is 0.768. The number of benzene rings is 2. The third kappa shape index (κ3) is 3.46. The molecule has 1 atom stereocenters. The Kier molecular flexibility index (Phi) is 4.39. The van der Waals surface area contributed by atoms with E-state index in [0.717, 1.165) is 42.0 Å². The van der Waals surface area contributed by atoms with Gasteiger partial charge in [0.05, 0.1) is 6.61 Å². The zero-order chi connectivity index (χ0) is 15.4. The first-order valence-corrected chi connectivity index (χ1v) is 7.58. The second-order valence-corrected chi connectivity index (χ2v) is 5.54. The smallest absolute Gasteiger partial charge is 0.226 e. The minimum absolute atomic E-state index is 0.0759. The lowest BCUT2D eigenvalue weighted by Crippen LogP contribution is -2.20. The largest absolute Gasteiger partial charge is 0.493 e. The molecule has 0 aromatic heterocycles. The quantitative estimate of drug-likeness (QED) is 0.911. The zero-order valence-electron chi connectivity index (χ0n) is 12.4. The van der Waals surface area contributed by atoms with E-state index in [4.69, 9.17) is 10.5 Å². The van der Waals surface area contributed by atoms with Crippen molar-refractivity contribution in [2.75, 3.05) is 11.9 Å². The van der Waals surface area contributed by atoms with Crippen molar-refractivity contribution in [2.45, 2.75) is 25.3 Å². The highest BCUT2D eigenvalue weighted by molar-refractivity contribution is 5.91. The van der Waals surface area contributed by atoms with Gasteiger partial charge in [0.2, 0.25) is 5.91 Å². The van der Waals surface area contributed by atoms with Crippen molar-refractivity contribution in [3.8, 4) is 5.75 Å². The number of ether oxygens (including phenoxy) is 1. The predicted octanol–water partition coefficient (Wildman–Crippen LogP) is 3.04. The molecule has 0 saturated heterocycles. The second kappa shape index (κ2) is 6.62. The van der Waals surface area contributed by atoms with Crippen LogP contribution in [-0.4, -0.2) is 12.5 Å². The first-order chi connectivity index (χ1) is 10.7. The topological polar surface area (TPSA) is 64.4 Å². The lowest BCUT2D eigenvalue weighted by Gasteiger charge is -2.18. The molecule has 0 saturated carbocycles. The molecule has 1 aliphatic heterocycles. The van der Waals surface area contributed by atoms with Crippen LogP contribution < -0.4 is 15.8 Å². The summed E-state index contributed by atoms with van der Waals surface area (Å²) in [5.74, 6) is 0.846. The van der Waals surface area contributed by atoms with E-state index in [1.165, 1.54) is 0 Å². The predicted molar refractivity (Wildman–Crippen MR) is 86.9 cm³/mol. The summed E-state index contributed by atoms with van der Waals surface area (Å²) >= 11 is 0. The van der Waals surface area contributed by atoms with Crippen molar-refractivity contribution in [2.24, 2.45) is 5.73 Å². The minimum Gasteiger partial charge on any atom is -0.493 e. The number of anilines is 1. The van der Waals surface area contributed by atoms with E-state index in [-0.39, 0.29) is 18.4 Å². The summed E-state index contributed by atoms with van der Waals surface area (Å²) in [5, 5.41) is 2.92. The van der Waals surface area contributed by atoms with Crippen molar-refractivity contribution < 1.29 is 9.53 Å². The monoisotopic (exact) mass is 296 g/mol. The summed E-state index contributed by atoms with van der Waals surface area (Å²) < 4.78 is 5.57. The van der Waals surface area contributed by atoms with Crippen molar-refractivity contribution in [3.63, 3.8) is 0 Å². The Bertz CT molecular complexity index is 655. The van der Waals surface area contributed by atoms with E-state index >= 15 is 0 Å². The third-order valence-electron chi connectivity index (χ3n) is 3.83. The van der Waals surface area contributed by atoms with Crippen LogP contribution in [0.1, 0.15) is 30.0 Å². The molecule has 22 heavy (non-hydrogen) atoms. The van der Waals surface area contributed by atoms with Crippen LogP contribution in [0.3, 0.4) is 0 Å². The summed E-state index contributed by atoms with van der Waals surface area (Å²) in [6, 6.07) is 15.2. The van der Waals surface area contributed by atoms with Gasteiger partial charge in [-0.05, 0) is 42.2 Å². The number of fused-ring (bicyclic) bond motifs is 1. The fourth-order valence-electron chi connectivity index (χ4n) is 2.67. The summed E-state index contributed by atoms with van der Waals surface area (Å²) in [6.07, 6.45) is 2.27. The van der Waals surface area contributed by atoms with Gasteiger partial charge in [0.1, 0.15) is 5.75 Å². The van der Waals surface area contributed by atoms with Crippen LogP contribution >= 0.6 is 0 Å². The number of hydrogen-bond acceptors (Lipinski definition) is 3. The summed E-state index contributed by atoms with van der Waals surface area (Å²) in [4.78, 5) is 12.1. The molecule has 2 aromatic carbocycles. The fraction of sp³-hybridized carbons (Fsp3) is 0.278. The van der Waals surface area contributed by atoms with Gasteiger partial charge in [0.25, 0.3) is 0 Å². The van der Waals surface area contributed by atoms with Gasteiger partial charge in [-0.3, -0.25) is 4.79 Å². The SMILES string of the molecule is NC(CC(=O)Nc1ccc2c(c1)CCCO2)c1ccccc1. The van der Waals surface area contributed by atoms with Gasteiger partial charge in [0.15, 0.2) is 0 Å². The minimum atomic E-state index is -0.290. The molecule has 1 unspecified atom stereocenters. The molecule has 4 heteroatoms. The van der Waals surface area contributed by atoms with E-state index in [2.05, 4.69) is 5.32 Å². The number of rotatable bonds is 4. The molecule has 4 nitrogen and oxygen atoms in total. The average Bonchev–Trinajstić information content (AvgIpc) is 2.55. The van der Waals surface area contributed by atoms with Crippen molar-refractivity contribution in [1.82, 2.24) is 0 Å². The van der Waals surface area contributed by atoms with Crippen molar-refractivity contribution in [1.29, 1.82) is 0 Å². The highest BCUT2D eigenvalue weighted by atomic mass is 16.5. The molecule has 0 fully saturated rings. The fourth-order valence-corrected chi connectivity index (χ4v) is 2.67. The highest BCUT2D eigenvalue weighted by Crippen LogP contribution is 2.27. The number of amides is 1. The molecule has 0 aliphatic carbocycles. The molecule has 1 aliphatic rings. The molecular formula is C18H20N2O2. The number of hydrogen-bond donors (Lipinski definition) is 2. The third-order valence-corrected chi connectivity index (χ3v) is 3.83. The first-order valence-electron chi connectivity index (χ1n) is 7.58. The maximum absolute atomic E-state index is 12.1. The molecule has 3 N–H and O–H groups in total. The number of aryl methyl sites for hydroxylation is 1. The highest BCUT2D eigenvalue weighted by Gasteiger charge is 2.14. The first kappa shape index (κ1) is 14.6. The van der Waals surface area contributed by atoms with Crippen LogP contribution in [0.2, 0.25) is 0 Å². The van der Waals surface area contributed by atoms with E-state index in [0.29, 0.717) is 0 Å².